The number of rotatable bonds is 6. The van der Waals surface area contributed by atoms with Gasteiger partial charge in [0.25, 0.3) is 5.91 Å². The summed E-state index contributed by atoms with van der Waals surface area (Å²) in [6, 6.07) is 18.4. The Balaban J connectivity index is 1.86. The van der Waals surface area contributed by atoms with Crippen LogP contribution in [0, 0.1) is 11.3 Å². The molecule has 0 spiro atoms. The fourth-order valence-electron chi connectivity index (χ4n) is 2.54. The van der Waals surface area contributed by atoms with E-state index in [-0.39, 0.29) is 26.3 Å². The van der Waals surface area contributed by atoms with Crippen LogP contribution in [-0.2, 0) is 14.9 Å². The van der Waals surface area contributed by atoms with Crippen LogP contribution in [0.1, 0.15) is 5.56 Å². The van der Waals surface area contributed by atoms with Crippen molar-refractivity contribution in [2.75, 3.05) is 5.32 Å². The van der Waals surface area contributed by atoms with Gasteiger partial charge >= 0.3 is 10.1 Å². The van der Waals surface area contributed by atoms with Crippen LogP contribution in [0.25, 0.3) is 6.08 Å². The molecule has 0 bridgehead atoms. The number of para-hydroxylation sites is 1. The Morgan fingerprint density at radius 1 is 0.969 bits per heavy atom. The SMILES string of the molecule is N#C/C(=C\c1cc(Cl)c(OS(=O)(=O)c2ccc(Cl)cc2)c(Cl)c1)C(=O)Nc1ccccc1. The monoisotopic (exact) mass is 506 g/mol. The maximum absolute atomic E-state index is 12.5. The van der Waals surface area contributed by atoms with E-state index in [2.05, 4.69) is 5.32 Å². The normalized spacial score (nSPS) is 11.5. The lowest BCUT2D eigenvalue weighted by Crippen LogP contribution is -2.13. The highest BCUT2D eigenvalue weighted by molar-refractivity contribution is 7.87. The summed E-state index contributed by atoms with van der Waals surface area (Å²) in [7, 11) is -4.22. The van der Waals surface area contributed by atoms with E-state index >= 15 is 0 Å². The van der Waals surface area contributed by atoms with Crippen LogP contribution in [0.2, 0.25) is 15.1 Å². The average molecular weight is 508 g/mol. The van der Waals surface area contributed by atoms with Gasteiger partial charge in [0, 0.05) is 10.7 Å². The first-order chi connectivity index (χ1) is 15.2. The number of carbonyl (C=O) groups is 1. The first kappa shape index (κ1) is 23.6. The topological polar surface area (TPSA) is 96.3 Å². The molecule has 10 heteroatoms. The van der Waals surface area contributed by atoms with Crippen molar-refractivity contribution in [3.05, 3.63) is 92.9 Å². The third-order valence-electron chi connectivity index (χ3n) is 4.02. The van der Waals surface area contributed by atoms with Crippen LogP contribution >= 0.6 is 34.8 Å². The number of anilines is 1. The summed E-state index contributed by atoms with van der Waals surface area (Å²) in [5.41, 5.74) is 0.616. The van der Waals surface area contributed by atoms with Gasteiger partial charge in [0.2, 0.25) is 0 Å². The summed E-state index contributed by atoms with van der Waals surface area (Å²) in [4.78, 5) is 12.2. The molecule has 0 aliphatic rings. The van der Waals surface area contributed by atoms with Crippen molar-refractivity contribution < 1.29 is 17.4 Å². The van der Waals surface area contributed by atoms with Crippen molar-refractivity contribution in [3.8, 4) is 11.8 Å². The summed E-state index contributed by atoms with van der Waals surface area (Å²) >= 11 is 18.1. The molecular formula is C22H13Cl3N2O4S. The molecule has 0 unspecified atom stereocenters. The summed E-state index contributed by atoms with van der Waals surface area (Å²) in [5, 5.41) is 12.1. The number of halogens is 3. The Bertz CT molecular complexity index is 1310. The predicted octanol–water partition coefficient (Wildman–Crippen LogP) is 5.96. The number of carbonyl (C=O) groups excluding carboxylic acids is 1. The highest BCUT2D eigenvalue weighted by Crippen LogP contribution is 2.37. The fraction of sp³-hybridized carbons (Fsp3) is 0. The first-order valence-electron chi connectivity index (χ1n) is 8.87. The van der Waals surface area contributed by atoms with Gasteiger partial charge in [-0.15, -0.1) is 0 Å². The maximum atomic E-state index is 12.5. The van der Waals surface area contributed by atoms with Crippen molar-refractivity contribution in [2.24, 2.45) is 0 Å². The molecule has 0 fully saturated rings. The van der Waals surface area contributed by atoms with Gasteiger partial charge in [0.05, 0.1) is 10.0 Å². The van der Waals surface area contributed by atoms with E-state index in [1.165, 1.54) is 42.5 Å². The van der Waals surface area contributed by atoms with Gasteiger partial charge < -0.3 is 9.50 Å². The lowest BCUT2D eigenvalue weighted by molar-refractivity contribution is -0.112. The van der Waals surface area contributed by atoms with Gasteiger partial charge in [0.1, 0.15) is 16.5 Å². The van der Waals surface area contributed by atoms with Crippen LogP contribution in [0.5, 0.6) is 5.75 Å². The van der Waals surface area contributed by atoms with Crippen molar-refractivity contribution in [1.29, 1.82) is 5.26 Å². The molecule has 3 aromatic rings. The molecule has 1 amide bonds. The van der Waals surface area contributed by atoms with Crippen molar-refractivity contribution >= 4 is 62.6 Å². The van der Waals surface area contributed by atoms with E-state index < -0.39 is 16.0 Å². The van der Waals surface area contributed by atoms with E-state index in [0.29, 0.717) is 16.3 Å². The number of hydrogen-bond acceptors (Lipinski definition) is 5. The third-order valence-corrected chi connectivity index (χ3v) is 6.07. The second-order valence-corrected chi connectivity index (χ2v) is 9.09. The number of benzene rings is 3. The van der Waals surface area contributed by atoms with Gasteiger partial charge in [-0.25, -0.2) is 0 Å². The Hall–Kier alpha value is -3.02. The zero-order chi connectivity index (χ0) is 23.3. The quantitative estimate of drug-likeness (QED) is 0.252. The van der Waals surface area contributed by atoms with Crippen molar-refractivity contribution in [1.82, 2.24) is 0 Å². The molecule has 3 aromatic carbocycles. The number of nitriles is 1. The van der Waals surface area contributed by atoms with E-state index in [4.69, 9.17) is 39.0 Å². The number of amides is 1. The van der Waals surface area contributed by atoms with Gasteiger partial charge in [0.15, 0.2) is 5.75 Å². The first-order valence-corrected chi connectivity index (χ1v) is 11.4. The smallest absolute Gasteiger partial charge is 0.339 e. The molecule has 0 radical (unpaired) electrons. The highest BCUT2D eigenvalue weighted by atomic mass is 35.5. The molecule has 162 valence electrons. The van der Waals surface area contributed by atoms with E-state index in [1.807, 2.05) is 6.07 Å². The summed E-state index contributed by atoms with van der Waals surface area (Å²) in [6.07, 6.45) is 1.27. The van der Waals surface area contributed by atoms with Crippen LogP contribution < -0.4 is 9.50 Å². The summed E-state index contributed by atoms with van der Waals surface area (Å²) < 4.78 is 30.1. The molecule has 0 saturated heterocycles. The lowest BCUT2D eigenvalue weighted by Gasteiger charge is -2.11. The number of nitrogens with zero attached hydrogens (tertiary/aromatic N) is 1. The molecule has 0 aromatic heterocycles. The minimum Gasteiger partial charge on any atom is -0.376 e. The van der Waals surface area contributed by atoms with Gasteiger partial charge in [-0.05, 0) is 60.2 Å². The van der Waals surface area contributed by atoms with Crippen LogP contribution in [0.3, 0.4) is 0 Å². The molecule has 0 saturated carbocycles. The molecule has 3 rings (SSSR count). The maximum Gasteiger partial charge on any atom is 0.339 e. The molecule has 0 atom stereocenters. The van der Waals surface area contributed by atoms with Gasteiger partial charge in [-0.3, -0.25) is 4.79 Å². The predicted molar refractivity (Wildman–Crippen MR) is 124 cm³/mol. The Morgan fingerprint density at radius 3 is 2.12 bits per heavy atom. The summed E-state index contributed by atoms with van der Waals surface area (Å²) in [6.45, 7) is 0. The molecule has 0 aliphatic heterocycles. The molecule has 1 N–H and O–H groups in total. The molecule has 0 aliphatic carbocycles. The Kier molecular flexibility index (Phi) is 7.44. The van der Waals surface area contributed by atoms with Crippen LogP contribution in [-0.4, -0.2) is 14.3 Å². The largest absolute Gasteiger partial charge is 0.376 e. The molecule has 0 heterocycles. The fourth-order valence-corrected chi connectivity index (χ4v) is 4.30. The highest BCUT2D eigenvalue weighted by Gasteiger charge is 2.21. The van der Waals surface area contributed by atoms with Gasteiger partial charge in [-0.2, -0.15) is 13.7 Å². The van der Waals surface area contributed by atoms with Crippen LogP contribution in [0.4, 0.5) is 5.69 Å². The van der Waals surface area contributed by atoms with Crippen LogP contribution in [0.15, 0.2) is 77.2 Å². The minimum atomic E-state index is -4.22. The Morgan fingerprint density at radius 2 is 1.56 bits per heavy atom. The lowest BCUT2D eigenvalue weighted by atomic mass is 10.1. The van der Waals surface area contributed by atoms with E-state index in [1.54, 1.807) is 30.3 Å². The average Bonchev–Trinajstić information content (AvgIpc) is 2.75. The van der Waals surface area contributed by atoms with E-state index in [9.17, 15) is 18.5 Å². The standard InChI is InChI=1S/C22H13Cl3N2O4S/c23-16-6-8-18(9-7-16)32(29,30)31-21-19(24)11-14(12-20(21)25)10-15(13-26)22(28)27-17-4-2-1-3-5-17/h1-12H,(H,27,28)/b15-10+. The number of nitrogens with one attached hydrogen (secondary N) is 1. The van der Waals surface area contributed by atoms with Gasteiger partial charge in [-0.1, -0.05) is 53.0 Å². The minimum absolute atomic E-state index is 0.123. The molecule has 6 nitrogen and oxygen atoms in total. The summed E-state index contributed by atoms with van der Waals surface area (Å²) in [5.74, 6) is -0.913. The third kappa shape index (κ3) is 5.81. The zero-order valence-electron chi connectivity index (χ0n) is 16.1. The van der Waals surface area contributed by atoms with E-state index in [0.717, 1.165) is 0 Å². The molecular weight excluding hydrogens is 495 g/mol. The van der Waals surface area contributed by atoms with Crippen molar-refractivity contribution in [3.63, 3.8) is 0 Å². The number of hydrogen-bond donors (Lipinski definition) is 1. The second-order valence-electron chi connectivity index (χ2n) is 6.30. The van der Waals surface area contributed by atoms with Crippen molar-refractivity contribution in [2.45, 2.75) is 4.90 Å². The Labute approximate surface area is 199 Å². The second kappa shape index (κ2) is 10.1. The zero-order valence-corrected chi connectivity index (χ0v) is 19.1. The molecule has 32 heavy (non-hydrogen) atoms.